The monoisotopic (exact) mass is 542 g/mol. The van der Waals surface area contributed by atoms with Crippen molar-refractivity contribution >= 4 is 32.8 Å². The Morgan fingerprint density at radius 3 is 2.36 bits per heavy atom. The maximum absolute atomic E-state index is 13.5. The second kappa shape index (κ2) is 10.6. The van der Waals surface area contributed by atoms with E-state index in [2.05, 4.69) is 4.90 Å². The summed E-state index contributed by atoms with van der Waals surface area (Å²) in [7, 11) is -3.74. The maximum Gasteiger partial charge on any atom is 0.421 e. The zero-order valence-electron chi connectivity index (χ0n) is 20.4. The van der Waals surface area contributed by atoms with Crippen molar-refractivity contribution in [1.29, 1.82) is 0 Å². The van der Waals surface area contributed by atoms with Gasteiger partial charge in [-0.1, -0.05) is 68.6 Å². The summed E-state index contributed by atoms with van der Waals surface area (Å²) < 4.78 is 68.3. The third kappa shape index (κ3) is 5.56. The zero-order valence-corrected chi connectivity index (χ0v) is 22.0. The summed E-state index contributed by atoms with van der Waals surface area (Å²) in [6, 6.07) is 5.69. The highest BCUT2D eigenvalue weighted by molar-refractivity contribution is 7.96. The number of piperazine rings is 1. The van der Waals surface area contributed by atoms with Gasteiger partial charge in [-0.15, -0.1) is 0 Å². The number of alkyl halides is 3. The van der Waals surface area contributed by atoms with Gasteiger partial charge in [-0.2, -0.15) is 17.5 Å². The van der Waals surface area contributed by atoms with E-state index >= 15 is 0 Å². The van der Waals surface area contributed by atoms with Crippen molar-refractivity contribution in [3.8, 4) is 0 Å². The van der Waals surface area contributed by atoms with Crippen LogP contribution in [0.3, 0.4) is 0 Å². The Balaban J connectivity index is 1.59. The Labute approximate surface area is 216 Å². The van der Waals surface area contributed by atoms with Gasteiger partial charge in [0, 0.05) is 42.6 Å². The van der Waals surface area contributed by atoms with Crippen molar-refractivity contribution in [2.75, 3.05) is 24.5 Å². The van der Waals surface area contributed by atoms with E-state index in [1.165, 1.54) is 22.9 Å². The molecule has 198 valence electrons. The average molecular weight is 543 g/mol. The lowest BCUT2D eigenvalue weighted by molar-refractivity contribution is -0.258. The van der Waals surface area contributed by atoms with Crippen molar-refractivity contribution in [2.45, 2.75) is 69.7 Å². The van der Waals surface area contributed by atoms with Gasteiger partial charge in [0.1, 0.15) is 0 Å². The van der Waals surface area contributed by atoms with Gasteiger partial charge in [0.05, 0.1) is 4.91 Å². The summed E-state index contributed by atoms with van der Waals surface area (Å²) >= 11 is 5.34. The highest BCUT2D eigenvalue weighted by atomic mass is 32.2. The Morgan fingerprint density at radius 1 is 1.08 bits per heavy atom. The van der Waals surface area contributed by atoms with Gasteiger partial charge in [-0.05, 0) is 43.0 Å². The highest BCUT2D eigenvalue weighted by Gasteiger charge is 2.51. The SMILES string of the molecule is C[C@](O)(c1ccc(N2CCN(S(=O)(=O)C3=CC=CCC3=S)C[C@H]2CC2CCCCC2)cc1)C(F)(F)F. The normalized spacial score (nSPS) is 24.5. The van der Waals surface area contributed by atoms with Crippen molar-refractivity contribution in [1.82, 2.24) is 4.31 Å². The van der Waals surface area contributed by atoms with E-state index in [0.717, 1.165) is 44.7 Å². The molecule has 0 amide bonds. The molecule has 4 rings (SSSR count). The number of hydrogen-bond acceptors (Lipinski definition) is 5. The minimum absolute atomic E-state index is 0.112. The number of halogens is 3. The minimum Gasteiger partial charge on any atom is -0.376 e. The Kier molecular flexibility index (Phi) is 8.00. The number of anilines is 1. The minimum atomic E-state index is -4.79. The molecular weight excluding hydrogens is 509 g/mol. The third-order valence-corrected chi connectivity index (χ3v) is 10.1. The van der Waals surface area contributed by atoms with Crippen LogP contribution in [0.5, 0.6) is 0 Å². The largest absolute Gasteiger partial charge is 0.421 e. The van der Waals surface area contributed by atoms with Crippen molar-refractivity contribution in [3.63, 3.8) is 0 Å². The molecule has 1 heterocycles. The Morgan fingerprint density at radius 2 is 1.75 bits per heavy atom. The molecule has 2 atom stereocenters. The van der Waals surface area contributed by atoms with Gasteiger partial charge in [-0.25, -0.2) is 8.42 Å². The lowest BCUT2D eigenvalue weighted by Gasteiger charge is -2.44. The van der Waals surface area contributed by atoms with Crippen LogP contribution >= 0.6 is 12.2 Å². The van der Waals surface area contributed by atoms with E-state index in [1.807, 2.05) is 6.08 Å². The molecule has 1 N–H and O–H groups in total. The molecule has 0 spiro atoms. The van der Waals surface area contributed by atoms with Crippen molar-refractivity contribution in [2.24, 2.45) is 5.92 Å². The van der Waals surface area contributed by atoms with Crippen LogP contribution in [0.15, 0.2) is 47.4 Å². The lowest BCUT2D eigenvalue weighted by Crippen LogP contribution is -2.56. The molecule has 0 unspecified atom stereocenters. The number of hydrogen-bond donors (Lipinski definition) is 1. The van der Waals surface area contributed by atoms with E-state index in [-0.39, 0.29) is 23.1 Å². The van der Waals surface area contributed by atoms with Gasteiger partial charge in [-0.3, -0.25) is 0 Å². The summed E-state index contributed by atoms with van der Waals surface area (Å²) in [6.07, 6.45) is 7.32. The molecule has 36 heavy (non-hydrogen) atoms. The second-order valence-electron chi connectivity index (χ2n) is 10.2. The number of allylic oxidation sites excluding steroid dienone is 4. The van der Waals surface area contributed by atoms with Crippen LogP contribution in [0, 0.1) is 5.92 Å². The van der Waals surface area contributed by atoms with Crippen molar-refractivity contribution in [3.05, 3.63) is 53.0 Å². The first-order chi connectivity index (χ1) is 16.9. The highest BCUT2D eigenvalue weighted by Crippen LogP contribution is 2.39. The van der Waals surface area contributed by atoms with Crippen LogP contribution in [0.4, 0.5) is 18.9 Å². The standard InChI is InChI=1S/C26H33F3N2O3S2/c1-25(32,26(27,28)29)20-11-13-21(14-12-20)31-16-15-30(18-22(31)17-19-7-3-2-4-8-19)36(33,34)24-10-6-5-9-23(24)35/h5-6,10-14,19,22,32H,2-4,7-9,15-18H2,1H3/t22-,25+/m1/s1. The fourth-order valence-corrected chi connectivity index (χ4v) is 7.50. The molecule has 0 radical (unpaired) electrons. The quantitative estimate of drug-likeness (QED) is 0.484. The van der Waals surface area contributed by atoms with Gasteiger partial charge in [0.25, 0.3) is 0 Å². The predicted octanol–water partition coefficient (Wildman–Crippen LogP) is 5.46. The summed E-state index contributed by atoms with van der Waals surface area (Å²) in [5, 5.41) is 10.0. The summed E-state index contributed by atoms with van der Waals surface area (Å²) in [5.74, 6) is 0.483. The molecule has 0 aromatic heterocycles. The number of benzene rings is 1. The van der Waals surface area contributed by atoms with Crippen molar-refractivity contribution < 1.29 is 26.7 Å². The zero-order chi connectivity index (χ0) is 26.1. The Bertz CT molecular complexity index is 1120. The molecule has 0 bridgehead atoms. The lowest BCUT2D eigenvalue weighted by atomic mass is 9.84. The van der Waals surface area contributed by atoms with Crippen LogP contribution in [0.2, 0.25) is 0 Å². The molecule has 1 aromatic carbocycles. The first kappa shape index (κ1) is 27.3. The maximum atomic E-state index is 13.5. The number of aliphatic hydroxyl groups is 1. The Hall–Kier alpha value is -1.75. The first-order valence-corrected chi connectivity index (χ1v) is 14.3. The van der Waals surface area contributed by atoms with Crippen LogP contribution in [-0.4, -0.2) is 54.5 Å². The van der Waals surface area contributed by atoms with Crippen LogP contribution in [0.25, 0.3) is 0 Å². The molecule has 2 aliphatic carbocycles. The fraction of sp³-hybridized carbons (Fsp3) is 0.577. The molecule has 1 aliphatic heterocycles. The summed E-state index contributed by atoms with van der Waals surface area (Å²) in [5.41, 5.74) is -2.44. The number of sulfonamides is 1. The second-order valence-corrected chi connectivity index (χ2v) is 12.6. The molecule has 2 fully saturated rings. The van der Waals surface area contributed by atoms with E-state index in [9.17, 15) is 26.7 Å². The molecule has 3 aliphatic rings. The smallest absolute Gasteiger partial charge is 0.376 e. The topological polar surface area (TPSA) is 60.9 Å². The van der Waals surface area contributed by atoms with Gasteiger partial charge in [0.15, 0.2) is 5.60 Å². The van der Waals surface area contributed by atoms with E-state index in [0.29, 0.717) is 30.3 Å². The summed E-state index contributed by atoms with van der Waals surface area (Å²) in [4.78, 5) is 2.71. The number of rotatable bonds is 6. The predicted molar refractivity (Wildman–Crippen MR) is 139 cm³/mol. The number of nitrogens with zero attached hydrogens (tertiary/aromatic N) is 2. The third-order valence-electron chi connectivity index (χ3n) is 7.67. The fourth-order valence-electron chi connectivity index (χ4n) is 5.43. The van der Waals surface area contributed by atoms with Crippen LogP contribution in [-0.2, 0) is 15.6 Å². The average Bonchev–Trinajstić information content (AvgIpc) is 2.84. The molecule has 10 heteroatoms. The summed E-state index contributed by atoms with van der Waals surface area (Å²) in [6.45, 7) is 1.72. The van der Waals surface area contributed by atoms with Gasteiger partial charge >= 0.3 is 6.18 Å². The van der Waals surface area contributed by atoms with Crippen LogP contribution < -0.4 is 4.90 Å². The molecule has 1 saturated carbocycles. The molecular formula is C26H33F3N2O3S2. The van der Waals surface area contributed by atoms with E-state index in [4.69, 9.17) is 12.2 Å². The molecule has 1 aromatic rings. The number of thiocarbonyl (C=S) groups is 1. The van der Waals surface area contributed by atoms with E-state index < -0.39 is 21.8 Å². The molecule has 1 saturated heterocycles. The van der Waals surface area contributed by atoms with Crippen LogP contribution in [0.1, 0.15) is 57.4 Å². The van der Waals surface area contributed by atoms with Gasteiger partial charge in [0.2, 0.25) is 10.0 Å². The molecule has 5 nitrogen and oxygen atoms in total. The van der Waals surface area contributed by atoms with Gasteiger partial charge < -0.3 is 10.0 Å². The van der Waals surface area contributed by atoms with E-state index in [1.54, 1.807) is 24.3 Å². The first-order valence-electron chi connectivity index (χ1n) is 12.5.